The van der Waals surface area contributed by atoms with E-state index in [4.69, 9.17) is 0 Å². The van der Waals surface area contributed by atoms with Crippen LogP contribution in [-0.4, -0.2) is 31.3 Å². The molecule has 0 heterocycles. The van der Waals surface area contributed by atoms with Crippen molar-refractivity contribution in [1.82, 2.24) is 0 Å². The molecule has 5 heteroatoms. The lowest BCUT2D eigenvalue weighted by atomic mass is 10.1. The van der Waals surface area contributed by atoms with Gasteiger partial charge >= 0.3 is 11.9 Å². The fraction of sp³-hybridized carbons (Fsp3) is 0.429. The fourth-order valence-corrected chi connectivity index (χ4v) is 1.43. The van der Waals surface area contributed by atoms with Crippen LogP contribution in [0.15, 0.2) is 12.1 Å². The van der Waals surface area contributed by atoms with Gasteiger partial charge < -0.3 is 14.6 Å². The number of esters is 2. The first kappa shape index (κ1) is 17.0. The first-order chi connectivity index (χ1) is 8.81. The maximum atomic E-state index is 10.3. The van der Waals surface area contributed by atoms with Crippen molar-refractivity contribution >= 4 is 11.9 Å². The Bertz CT molecular complexity index is 414. The van der Waals surface area contributed by atoms with E-state index in [2.05, 4.69) is 9.47 Å². The number of hydrogen-bond acceptors (Lipinski definition) is 5. The van der Waals surface area contributed by atoms with Gasteiger partial charge in [0.15, 0.2) is 0 Å². The van der Waals surface area contributed by atoms with E-state index in [-0.39, 0.29) is 6.42 Å². The summed E-state index contributed by atoms with van der Waals surface area (Å²) in [6.45, 7) is 5.85. The summed E-state index contributed by atoms with van der Waals surface area (Å²) >= 11 is 0. The van der Waals surface area contributed by atoms with Gasteiger partial charge in [-0.3, -0.25) is 9.59 Å². The highest BCUT2D eigenvalue weighted by molar-refractivity contribution is 5.90. The lowest BCUT2D eigenvalue weighted by molar-refractivity contribution is -0.151. The second-order valence-electron chi connectivity index (χ2n) is 4.08. The first-order valence-electron chi connectivity index (χ1n) is 5.72. The second-order valence-corrected chi connectivity index (χ2v) is 4.08. The highest BCUT2D eigenvalue weighted by Crippen LogP contribution is 2.21. The molecule has 19 heavy (non-hydrogen) atoms. The predicted molar refractivity (Wildman–Crippen MR) is 71.0 cm³/mol. The molecule has 0 fully saturated rings. The van der Waals surface area contributed by atoms with Crippen molar-refractivity contribution in [3.8, 4) is 5.75 Å². The molecule has 0 bridgehead atoms. The summed E-state index contributed by atoms with van der Waals surface area (Å²) in [5, 5.41) is 9.33. The topological polar surface area (TPSA) is 72.8 Å². The number of aromatic hydroxyl groups is 1. The molecule has 1 aromatic carbocycles. The molecule has 0 aliphatic carbocycles. The Kier molecular flexibility index (Phi) is 7.26. The number of methoxy groups -OCH3 is 2. The molecule has 1 N–H and O–H groups in total. The smallest absolute Gasteiger partial charge is 0.316 e. The highest BCUT2D eigenvalue weighted by Gasteiger charge is 2.07. The Balaban J connectivity index is 0.000000344. The Labute approximate surface area is 113 Å². The van der Waals surface area contributed by atoms with E-state index in [0.717, 1.165) is 11.1 Å². The van der Waals surface area contributed by atoms with Gasteiger partial charge in [-0.1, -0.05) is 17.7 Å². The molecule has 0 saturated heterocycles. The van der Waals surface area contributed by atoms with Gasteiger partial charge in [0, 0.05) is 0 Å². The molecule has 0 aliphatic heterocycles. The molecular formula is C14H20O5. The van der Waals surface area contributed by atoms with Crippen LogP contribution in [-0.2, 0) is 19.1 Å². The minimum Gasteiger partial charge on any atom is -0.507 e. The third kappa shape index (κ3) is 6.45. The zero-order valence-corrected chi connectivity index (χ0v) is 11.9. The molecule has 0 unspecified atom stereocenters. The minimum absolute atomic E-state index is 0.312. The third-order valence-corrected chi connectivity index (χ3v) is 2.38. The summed E-state index contributed by atoms with van der Waals surface area (Å²) in [5.74, 6) is -0.741. The van der Waals surface area contributed by atoms with Crippen molar-refractivity contribution in [3.63, 3.8) is 0 Å². The number of phenols is 1. The SMILES string of the molecule is COC(=O)CC(=O)OC.Cc1cc(C)c(O)c(C)c1. The number of rotatable bonds is 2. The van der Waals surface area contributed by atoms with Gasteiger partial charge in [-0.05, 0) is 31.9 Å². The lowest BCUT2D eigenvalue weighted by Gasteiger charge is -2.03. The summed E-state index contributed by atoms with van der Waals surface area (Å²) in [7, 11) is 2.43. The minimum atomic E-state index is -0.582. The maximum Gasteiger partial charge on any atom is 0.316 e. The standard InChI is InChI=1S/C9H12O.C5H8O4/c1-6-4-7(2)9(10)8(3)5-6;1-8-4(6)3-5(7)9-2/h4-5,10H,1-3H3;3H2,1-2H3. The van der Waals surface area contributed by atoms with E-state index < -0.39 is 11.9 Å². The zero-order valence-electron chi connectivity index (χ0n) is 11.9. The number of carbonyl (C=O) groups excluding carboxylic acids is 2. The molecule has 0 aliphatic rings. The summed E-state index contributed by atoms with van der Waals surface area (Å²) in [4.78, 5) is 20.5. The molecule has 106 valence electrons. The number of hydrogen-bond donors (Lipinski definition) is 1. The molecule has 0 spiro atoms. The largest absolute Gasteiger partial charge is 0.507 e. The van der Waals surface area contributed by atoms with E-state index in [1.807, 2.05) is 32.9 Å². The van der Waals surface area contributed by atoms with Gasteiger partial charge in [0.2, 0.25) is 0 Å². The van der Waals surface area contributed by atoms with Crippen LogP contribution < -0.4 is 0 Å². The van der Waals surface area contributed by atoms with Gasteiger partial charge in [0.25, 0.3) is 0 Å². The Hall–Kier alpha value is -2.04. The van der Waals surface area contributed by atoms with E-state index in [1.165, 1.54) is 19.8 Å². The number of ether oxygens (including phenoxy) is 2. The normalized spacial score (nSPS) is 9.11. The van der Waals surface area contributed by atoms with Gasteiger partial charge in [0.1, 0.15) is 12.2 Å². The Morgan fingerprint density at radius 1 is 1.00 bits per heavy atom. The quantitative estimate of drug-likeness (QED) is 0.656. The summed E-state index contributed by atoms with van der Waals surface area (Å²) in [6, 6.07) is 3.95. The summed E-state index contributed by atoms with van der Waals surface area (Å²) in [5.41, 5.74) is 3.11. The predicted octanol–water partition coefficient (Wildman–Crippen LogP) is 2.04. The maximum absolute atomic E-state index is 10.3. The van der Waals surface area contributed by atoms with Crippen molar-refractivity contribution in [2.24, 2.45) is 0 Å². The van der Waals surface area contributed by atoms with Crippen molar-refractivity contribution < 1.29 is 24.2 Å². The monoisotopic (exact) mass is 268 g/mol. The zero-order chi connectivity index (χ0) is 15.0. The van der Waals surface area contributed by atoms with E-state index in [0.29, 0.717) is 5.75 Å². The highest BCUT2D eigenvalue weighted by atomic mass is 16.5. The summed E-state index contributed by atoms with van der Waals surface area (Å²) in [6.07, 6.45) is -0.312. The molecule has 0 saturated carbocycles. The molecule has 0 atom stereocenters. The average molecular weight is 268 g/mol. The van der Waals surface area contributed by atoms with Crippen LogP contribution in [0.5, 0.6) is 5.75 Å². The van der Waals surface area contributed by atoms with Gasteiger partial charge in [0.05, 0.1) is 14.2 Å². The van der Waals surface area contributed by atoms with Crippen LogP contribution in [0.4, 0.5) is 0 Å². The van der Waals surface area contributed by atoms with Crippen LogP contribution in [0.3, 0.4) is 0 Å². The first-order valence-corrected chi connectivity index (χ1v) is 5.72. The second kappa shape index (κ2) is 8.13. The summed E-state index contributed by atoms with van der Waals surface area (Å²) < 4.78 is 8.37. The van der Waals surface area contributed by atoms with E-state index in [9.17, 15) is 14.7 Å². The molecular weight excluding hydrogens is 248 g/mol. The van der Waals surface area contributed by atoms with Gasteiger partial charge in [-0.25, -0.2) is 0 Å². The number of aryl methyl sites for hydroxylation is 3. The molecule has 1 rings (SSSR count). The molecule has 5 nitrogen and oxygen atoms in total. The fourth-order valence-electron chi connectivity index (χ4n) is 1.43. The van der Waals surface area contributed by atoms with Gasteiger partial charge in [-0.2, -0.15) is 0 Å². The molecule has 0 amide bonds. The van der Waals surface area contributed by atoms with Crippen LogP contribution in [0.2, 0.25) is 0 Å². The van der Waals surface area contributed by atoms with Crippen molar-refractivity contribution in [2.45, 2.75) is 27.2 Å². The van der Waals surface area contributed by atoms with Crippen LogP contribution in [0, 0.1) is 20.8 Å². The van der Waals surface area contributed by atoms with Crippen molar-refractivity contribution in [2.75, 3.05) is 14.2 Å². The van der Waals surface area contributed by atoms with Crippen LogP contribution in [0.25, 0.3) is 0 Å². The lowest BCUT2D eigenvalue weighted by Crippen LogP contribution is -2.09. The van der Waals surface area contributed by atoms with E-state index in [1.54, 1.807) is 0 Å². The third-order valence-electron chi connectivity index (χ3n) is 2.38. The Morgan fingerprint density at radius 2 is 1.37 bits per heavy atom. The van der Waals surface area contributed by atoms with Gasteiger partial charge in [-0.15, -0.1) is 0 Å². The number of benzene rings is 1. The number of carbonyl (C=O) groups is 2. The number of phenolic OH excluding ortho intramolecular Hbond substituents is 1. The van der Waals surface area contributed by atoms with Crippen LogP contribution >= 0.6 is 0 Å². The average Bonchev–Trinajstić information content (AvgIpc) is 2.36. The van der Waals surface area contributed by atoms with Crippen LogP contribution in [0.1, 0.15) is 23.1 Å². The molecule has 0 aromatic heterocycles. The Morgan fingerprint density at radius 3 is 1.68 bits per heavy atom. The van der Waals surface area contributed by atoms with Crippen molar-refractivity contribution in [1.29, 1.82) is 0 Å². The molecule has 1 aromatic rings. The van der Waals surface area contributed by atoms with Crippen molar-refractivity contribution in [3.05, 3.63) is 28.8 Å². The van der Waals surface area contributed by atoms with E-state index >= 15 is 0 Å². The molecule has 0 radical (unpaired) electrons.